The van der Waals surface area contributed by atoms with Gasteiger partial charge in [-0.1, -0.05) is 49.7 Å². The number of aryl methyl sites for hydroxylation is 1. The normalized spacial score (nSPS) is 10.6. The van der Waals surface area contributed by atoms with Crippen LogP contribution in [0.3, 0.4) is 0 Å². The quantitative estimate of drug-likeness (QED) is 0.630. The molecule has 0 aliphatic rings. The van der Waals surface area contributed by atoms with Gasteiger partial charge >= 0.3 is 0 Å². The number of carbonyl (C=O) groups excluding carboxylic acids is 1. The number of anilines is 1. The van der Waals surface area contributed by atoms with Crippen LogP contribution in [0.15, 0.2) is 65.1 Å². The van der Waals surface area contributed by atoms with Crippen LogP contribution in [-0.4, -0.2) is 17.4 Å². The Balaban J connectivity index is 1.93. The molecule has 1 heterocycles. The van der Waals surface area contributed by atoms with Gasteiger partial charge in [-0.15, -0.1) is 0 Å². The van der Waals surface area contributed by atoms with Crippen molar-refractivity contribution in [3.63, 3.8) is 0 Å². The van der Waals surface area contributed by atoms with Crippen LogP contribution in [0.25, 0.3) is 11.5 Å². The first-order valence-electron chi connectivity index (χ1n) is 8.60. The van der Waals surface area contributed by atoms with Crippen LogP contribution in [0.5, 0.6) is 0 Å². The minimum atomic E-state index is -0.122. The molecule has 0 spiro atoms. The lowest BCUT2D eigenvalue weighted by atomic mass is 10.2. The van der Waals surface area contributed by atoms with Crippen LogP contribution in [0.2, 0.25) is 0 Å². The summed E-state index contributed by atoms with van der Waals surface area (Å²) >= 11 is 0. The maximum Gasteiger partial charge on any atom is 0.280 e. The van der Waals surface area contributed by atoms with E-state index in [4.69, 9.17) is 4.42 Å². The molecule has 0 radical (unpaired) electrons. The van der Waals surface area contributed by atoms with Crippen molar-refractivity contribution in [1.82, 2.24) is 4.98 Å². The summed E-state index contributed by atoms with van der Waals surface area (Å²) in [5.74, 6) is 0.898. The Hall–Kier alpha value is -2.88. The van der Waals surface area contributed by atoms with Gasteiger partial charge in [0, 0.05) is 17.8 Å². The van der Waals surface area contributed by atoms with Crippen LogP contribution in [0.4, 0.5) is 5.69 Å². The van der Waals surface area contributed by atoms with Gasteiger partial charge < -0.3 is 9.32 Å². The average Bonchev–Trinajstić information content (AvgIpc) is 3.05. The SMILES string of the molecule is CCCCN(C(=O)c1nc(-c2ccccc2)oc1C)c1ccccc1. The minimum absolute atomic E-state index is 0.122. The van der Waals surface area contributed by atoms with E-state index in [1.165, 1.54) is 0 Å². The standard InChI is InChI=1S/C21H22N2O2/c1-3-4-15-23(18-13-9-6-10-14-18)21(24)19-16(2)25-20(22-19)17-11-7-5-8-12-17/h5-14H,3-4,15H2,1-2H3. The number of amides is 1. The van der Waals surface area contributed by atoms with Crippen molar-refractivity contribution in [2.75, 3.05) is 11.4 Å². The van der Waals surface area contributed by atoms with Crippen LogP contribution >= 0.6 is 0 Å². The van der Waals surface area contributed by atoms with Gasteiger partial charge in [0.15, 0.2) is 5.69 Å². The number of benzene rings is 2. The van der Waals surface area contributed by atoms with Crippen molar-refractivity contribution in [1.29, 1.82) is 0 Å². The monoisotopic (exact) mass is 334 g/mol. The van der Waals surface area contributed by atoms with Crippen molar-refractivity contribution >= 4 is 11.6 Å². The molecule has 3 rings (SSSR count). The Morgan fingerprint density at radius 1 is 1.04 bits per heavy atom. The van der Waals surface area contributed by atoms with Gasteiger partial charge in [0.25, 0.3) is 5.91 Å². The molecule has 0 bridgehead atoms. The fourth-order valence-corrected chi connectivity index (χ4v) is 2.70. The number of para-hydroxylation sites is 1. The third kappa shape index (κ3) is 3.79. The zero-order valence-corrected chi connectivity index (χ0v) is 14.6. The molecule has 0 aliphatic carbocycles. The summed E-state index contributed by atoms with van der Waals surface area (Å²) in [6.07, 6.45) is 1.95. The van der Waals surface area contributed by atoms with E-state index >= 15 is 0 Å². The summed E-state index contributed by atoms with van der Waals surface area (Å²) in [4.78, 5) is 19.4. The molecule has 0 saturated heterocycles. The summed E-state index contributed by atoms with van der Waals surface area (Å²) in [7, 11) is 0. The molecule has 3 aromatic rings. The number of unbranched alkanes of at least 4 members (excludes halogenated alkanes) is 1. The highest BCUT2D eigenvalue weighted by Crippen LogP contribution is 2.24. The smallest absolute Gasteiger partial charge is 0.280 e. The Morgan fingerprint density at radius 3 is 2.32 bits per heavy atom. The van der Waals surface area contributed by atoms with Gasteiger partial charge in [-0.25, -0.2) is 4.98 Å². The van der Waals surface area contributed by atoms with Crippen LogP contribution in [-0.2, 0) is 0 Å². The van der Waals surface area contributed by atoms with E-state index in [1.54, 1.807) is 11.8 Å². The van der Waals surface area contributed by atoms with E-state index in [9.17, 15) is 4.79 Å². The number of hydrogen-bond donors (Lipinski definition) is 0. The second kappa shape index (κ2) is 7.79. The number of oxazole rings is 1. The van der Waals surface area contributed by atoms with Gasteiger partial charge in [0.05, 0.1) is 0 Å². The van der Waals surface area contributed by atoms with Crippen molar-refractivity contribution in [2.45, 2.75) is 26.7 Å². The molecular formula is C21H22N2O2. The first kappa shape index (κ1) is 17.0. The van der Waals surface area contributed by atoms with E-state index in [0.29, 0.717) is 23.9 Å². The molecule has 2 aromatic carbocycles. The van der Waals surface area contributed by atoms with Gasteiger partial charge in [0.1, 0.15) is 5.76 Å². The number of carbonyl (C=O) groups is 1. The predicted octanol–water partition coefficient (Wildman–Crippen LogP) is 5.10. The van der Waals surface area contributed by atoms with Crippen LogP contribution in [0, 0.1) is 6.92 Å². The molecular weight excluding hydrogens is 312 g/mol. The van der Waals surface area contributed by atoms with Gasteiger partial charge in [-0.3, -0.25) is 4.79 Å². The average molecular weight is 334 g/mol. The third-order valence-corrected chi connectivity index (χ3v) is 4.07. The third-order valence-electron chi connectivity index (χ3n) is 4.07. The molecule has 1 aromatic heterocycles. The summed E-state index contributed by atoms with van der Waals surface area (Å²) in [6, 6.07) is 19.3. The van der Waals surface area contributed by atoms with Crippen LogP contribution in [0.1, 0.15) is 36.0 Å². The molecule has 4 heteroatoms. The fraction of sp³-hybridized carbons (Fsp3) is 0.238. The van der Waals surface area contributed by atoms with E-state index in [-0.39, 0.29) is 5.91 Å². The topological polar surface area (TPSA) is 46.3 Å². The number of rotatable bonds is 6. The lowest BCUT2D eigenvalue weighted by Crippen LogP contribution is -2.32. The fourth-order valence-electron chi connectivity index (χ4n) is 2.70. The first-order valence-corrected chi connectivity index (χ1v) is 8.60. The molecule has 0 N–H and O–H groups in total. The Morgan fingerprint density at radius 2 is 1.68 bits per heavy atom. The van der Waals surface area contributed by atoms with E-state index in [0.717, 1.165) is 24.1 Å². The molecule has 25 heavy (non-hydrogen) atoms. The summed E-state index contributed by atoms with van der Waals surface area (Å²) < 4.78 is 5.75. The number of aromatic nitrogens is 1. The van der Waals surface area contributed by atoms with Gasteiger partial charge in [-0.2, -0.15) is 0 Å². The maximum absolute atomic E-state index is 13.1. The van der Waals surface area contributed by atoms with E-state index in [2.05, 4.69) is 11.9 Å². The highest BCUT2D eigenvalue weighted by molar-refractivity contribution is 6.05. The molecule has 0 saturated carbocycles. The summed E-state index contributed by atoms with van der Waals surface area (Å²) in [5, 5.41) is 0. The molecule has 0 aliphatic heterocycles. The molecule has 0 atom stereocenters. The number of hydrogen-bond acceptors (Lipinski definition) is 3. The van der Waals surface area contributed by atoms with Crippen LogP contribution < -0.4 is 4.90 Å². The van der Waals surface area contributed by atoms with Gasteiger partial charge in [0.2, 0.25) is 5.89 Å². The molecule has 0 unspecified atom stereocenters. The first-order chi connectivity index (χ1) is 12.2. The summed E-state index contributed by atoms with van der Waals surface area (Å²) in [6.45, 7) is 4.56. The largest absolute Gasteiger partial charge is 0.441 e. The molecule has 0 fully saturated rings. The molecule has 4 nitrogen and oxygen atoms in total. The molecule has 1 amide bonds. The minimum Gasteiger partial charge on any atom is -0.441 e. The second-order valence-corrected chi connectivity index (χ2v) is 5.94. The highest BCUT2D eigenvalue weighted by atomic mass is 16.4. The van der Waals surface area contributed by atoms with E-state index in [1.807, 2.05) is 60.7 Å². The van der Waals surface area contributed by atoms with Crippen molar-refractivity contribution < 1.29 is 9.21 Å². The zero-order chi connectivity index (χ0) is 17.6. The zero-order valence-electron chi connectivity index (χ0n) is 14.6. The molecule has 128 valence electrons. The predicted molar refractivity (Wildman–Crippen MR) is 99.7 cm³/mol. The highest BCUT2D eigenvalue weighted by Gasteiger charge is 2.24. The number of nitrogens with zero attached hydrogens (tertiary/aromatic N) is 2. The maximum atomic E-state index is 13.1. The lowest BCUT2D eigenvalue weighted by Gasteiger charge is -2.21. The summed E-state index contributed by atoms with van der Waals surface area (Å²) in [5.41, 5.74) is 2.12. The lowest BCUT2D eigenvalue weighted by molar-refractivity contribution is 0.0981. The van der Waals surface area contributed by atoms with Crippen molar-refractivity contribution in [3.05, 3.63) is 72.1 Å². The Labute approximate surface area is 148 Å². The Kier molecular flexibility index (Phi) is 5.29. The van der Waals surface area contributed by atoms with Gasteiger partial charge in [-0.05, 0) is 37.6 Å². The van der Waals surface area contributed by atoms with Crippen molar-refractivity contribution in [3.8, 4) is 11.5 Å². The van der Waals surface area contributed by atoms with Crippen molar-refractivity contribution in [2.24, 2.45) is 0 Å². The second-order valence-electron chi connectivity index (χ2n) is 5.94. The van der Waals surface area contributed by atoms with E-state index < -0.39 is 0 Å². The Bertz CT molecular complexity index is 826.